The Bertz CT molecular complexity index is 410. The van der Waals surface area contributed by atoms with Gasteiger partial charge in [0.25, 0.3) is 6.43 Å². The maximum atomic E-state index is 12.7. The monoisotopic (exact) mass is 231 g/mol. The predicted molar refractivity (Wildman–Crippen MR) is 53.7 cm³/mol. The second-order valence-corrected chi connectivity index (χ2v) is 3.04. The molecule has 0 aromatic carbocycles. The molecule has 88 valence electrons. The fourth-order valence-corrected chi connectivity index (χ4v) is 1.25. The number of pyridine rings is 1. The highest BCUT2D eigenvalue weighted by molar-refractivity contribution is 5.76. The summed E-state index contributed by atoms with van der Waals surface area (Å²) in [7, 11) is 1.16. The SMILES string of the molecule is COC(=O)Cc1c(N)cnc(N)c1C(F)F. The first kappa shape index (κ1) is 12.2. The van der Waals surface area contributed by atoms with E-state index in [0.717, 1.165) is 13.3 Å². The number of esters is 1. The van der Waals surface area contributed by atoms with Crippen molar-refractivity contribution in [3.8, 4) is 0 Å². The third-order valence-corrected chi connectivity index (χ3v) is 2.06. The van der Waals surface area contributed by atoms with Crippen LogP contribution in [-0.2, 0) is 16.0 Å². The van der Waals surface area contributed by atoms with E-state index in [-0.39, 0.29) is 23.5 Å². The molecule has 1 aromatic rings. The minimum absolute atomic E-state index is 0.00472. The molecule has 5 nitrogen and oxygen atoms in total. The van der Waals surface area contributed by atoms with Crippen molar-refractivity contribution >= 4 is 17.5 Å². The predicted octanol–water partition coefficient (Wildman–Crippen LogP) is 0.899. The lowest BCUT2D eigenvalue weighted by Crippen LogP contribution is -2.12. The van der Waals surface area contributed by atoms with Crippen LogP contribution in [0.15, 0.2) is 6.20 Å². The van der Waals surface area contributed by atoms with Gasteiger partial charge < -0.3 is 16.2 Å². The van der Waals surface area contributed by atoms with Crippen molar-refractivity contribution < 1.29 is 18.3 Å². The molecule has 0 aliphatic carbocycles. The van der Waals surface area contributed by atoms with Crippen LogP contribution in [0.3, 0.4) is 0 Å². The van der Waals surface area contributed by atoms with E-state index in [1.807, 2.05) is 0 Å². The molecule has 1 heterocycles. The number of carbonyl (C=O) groups is 1. The molecular weight excluding hydrogens is 220 g/mol. The molecule has 16 heavy (non-hydrogen) atoms. The van der Waals surface area contributed by atoms with Crippen LogP contribution in [0.5, 0.6) is 0 Å². The molecule has 0 saturated carbocycles. The lowest BCUT2D eigenvalue weighted by molar-refractivity contribution is -0.139. The van der Waals surface area contributed by atoms with Crippen molar-refractivity contribution in [1.82, 2.24) is 4.98 Å². The van der Waals surface area contributed by atoms with Crippen molar-refractivity contribution in [2.45, 2.75) is 12.8 Å². The number of hydrogen-bond donors (Lipinski definition) is 2. The number of alkyl halides is 2. The summed E-state index contributed by atoms with van der Waals surface area (Å²) in [5, 5.41) is 0. The van der Waals surface area contributed by atoms with Crippen LogP contribution in [0, 0.1) is 0 Å². The Labute approximate surface area is 90.4 Å². The summed E-state index contributed by atoms with van der Waals surface area (Å²) in [6, 6.07) is 0. The van der Waals surface area contributed by atoms with Crippen molar-refractivity contribution in [2.24, 2.45) is 0 Å². The van der Waals surface area contributed by atoms with Crippen LogP contribution in [0.2, 0.25) is 0 Å². The highest BCUT2D eigenvalue weighted by Crippen LogP contribution is 2.31. The van der Waals surface area contributed by atoms with Crippen molar-refractivity contribution in [1.29, 1.82) is 0 Å². The van der Waals surface area contributed by atoms with E-state index in [9.17, 15) is 13.6 Å². The zero-order valence-electron chi connectivity index (χ0n) is 8.54. The van der Waals surface area contributed by atoms with E-state index >= 15 is 0 Å². The topological polar surface area (TPSA) is 91.2 Å². The fraction of sp³-hybridized carbons (Fsp3) is 0.333. The molecule has 0 fully saturated rings. The molecule has 7 heteroatoms. The molecule has 0 saturated heterocycles. The Balaban J connectivity index is 3.23. The summed E-state index contributed by atoms with van der Waals surface area (Å²) in [6.07, 6.45) is -2.05. The molecule has 0 spiro atoms. The van der Waals surface area contributed by atoms with Gasteiger partial charge in [-0.05, 0) is 0 Å². The van der Waals surface area contributed by atoms with Gasteiger partial charge in [-0.2, -0.15) is 0 Å². The molecule has 0 unspecified atom stereocenters. The molecule has 0 bridgehead atoms. The molecule has 0 radical (unpaired) electrons. The Kier molecular flexibility index (Phi) is 3.60. The second-order valence-electron chi connectivity index (χ2n) is 3.04. The number of anilines is 2. The van der Waals surface area contributed by atoms with E-state index in [1.54, 1.807) is 0 Å². The number of methoxy groups -OCH3 is 1. The van der Waals surface area contributed by atoms with Gasteiger partial charge in [0.15, 0.2) is 0 Å². The first-order chi connectivity index (χ1) is 7.47. The van der Waals surface area contributed by atoms with Crippen LogP contribution in [-0.4, -0.2) is 18.1 Å². The quantitative estimate of drug-likeness (QED) is 0.754. The van der Waals surface area contributed by atoms with Crippen molar-refractivity contribution in [3.05, 3.63) is 17.3 Å². The zero-order valence-corrected chi connectivity index (χ0v) is 8.54. The van der Waals surface area contributed by atoms with E-state index in [4.69, 9.17) is 11.5 Å². The third kappa shape index (κ3) is 2.36. The van der Waals surface area contributed by atoms with E-state index in [1.165, 1.54) is 0 Å². The van der Waals surface area contributed by atoms with Crippen LogP contribution >= 0.6 is 0 Å². The number of nitrogens with zero attached hydrogens (tertiary/aromatic N) is 1. The highest BCUT2D eigenvalue weighted by atomic mass is 19.3. The molecule has 0 aliphatic rings. The maximum Gasteiger partial charge on any atom is 0.310 e. The highest BCUT2D eigenvalue weighted by Gasteiger charge is 2.22. The Morgan fingerprint density at radius 3 is 2.69 bits per heavy atom. The van der Waals surface area contributed by atoms with Gasteiger partial charge in [0.05, 0.1) is 31.0 Å². The Morgan fingerprint density at radius 2 is 2.19 bits per heavy atom. The average molecular weight is 231 g/mol. The van der Waals surface area contributed by atoms with Crippen LogP contribution in [0.4, 0.5) is 20.3 Å². The minimum atomic E-state index is -2.84. The first-order valence-corrected chi connectivity index (χ1v) is 4.35. The van der Waals surface area contributed by atoms with Gasteiger partial charge >= 0.3 is 5.97 Å². The second kappa shape index (κ2) is 4.73. The number of rotatable bonds is 3. The number of carbonyl (C=O) groups excluding carboxylic acids is 1. The number of ether oxygens (including phenoxy) is 1. The Morgan fingerprint density at radius 1 is 1.56 bits per heavy atom. The number of halogens is 2. The molecule has 0 atom stereocenters. The van der Waals surface area contributed by atoms with Crippen LogP contribution in [0.1, 0.15) is 17.6 Å². The fourth-order valence-electron chi connectivity index (χ4n) is 1.25. The number of nitrogens with two attached hydrogens (primary N) is 2. The van der Waals surface area contributed by atoms with Gasteiger partial charge in [0.2, 0.25) is 0 Å². The summed E-state index contributed by atoms with van der Waals surface area (Å²) in [6.45, 7) is 0. The van der Waals surface area contributed by atoms with Gasteiger partial charge in [-0.1, -0.05) is 0 Å². The van der Waals surface area contributed by atoms with E-state index < -0.39 is 18.0 Å². The standard InChI is InChI=1S/C9H11F2N3O2/c1-16-6(15)2-4-5(12)3-14-9(13)7(4)8(10)11/h3,8H,2,12H2,1H3,(H2,13,14). The molecule has 1 aromatic heterocycles. The third-order valence-electron chi connectivity index (χ3n) is 2.06. The normalized spacial score (nSPS) is 10.5. The Hall–Kier alpha value is -1.92. The summed E-state index contributed by atoms with van der Waals surface area (Å²) >= 11 is 0. The zero-order chi connectivity index (χ0) is 12.3. The van der Waals surface area contributed by atoms with Gasteiger partial charge in [-0.25, -0.2) is 13.8 Å². The number of aromatic nitrogens is 1. The lowest BCUT2D eigenvalue weighted by atomic mass is 10.0. The van der Waals surface area contributed by atoms with Crippen LogP contribution < -0.4 is 11.5 Å². The van der Waals surface area contributed by atoms with Gasteiger partial charge in [0.1, 0.15) is 5.82 Å². The molecule has 1 rings (SSSR count). The maximum absolute atomic E-state index is 12.7. The average Bonchev–Trinajstić information content (AvgIpc) is 2.22. The number of hydrogen-bond acceptors (Lipinski definition) is 5. The molecule has 0 aliphatic heterocycles. The summed E-state index contributed by atoms with van der Waals surface area (Å²) in [5.41, 5.74) is 10.2. The molecule has 0 amide bonds. The van der Waals surface area contributed by atoms with E-state index in [0.29, 0.717) is 0 Å². The van der Waals surface area contributed by atoms with Gasteiger partial charge in [-0.3, -0.25) is 4.79 Å². The van der Waals surface area contributed by atoms with Gasteiger partial charge in [-0.15, -0.1) is 0 Å². The van der Waals surface area contributed by atoms with Crippen molar-refractivity contribution in [3.63, 3.8) is 0 Å². The smallest absolute Gasteiger partial charge is 0.310 e. The van der Waals surface area contributed by atoms with Crippen LogP contribution in [0.25, 0.3) is 0 Å². The molecule has 4 N–H and O–H groups in total. The summed E-state index contributed by atoms with van der Waals surface area (Å²) in [4.78, 5) is 14.5. The summed E-state index contributed by atoms with van der Waals surface area (Å²) in [5.74, 6) is -0.998. The molecular formula is C9H11F2N3O2. The lowest BCUT2D eigenvalue weighted by Gasteiger charge is -2.12. The minimum Gasteiger partial charge on any atom is -0.469 e. The first-order valence-electron chi connectivity index (χ1n) is 4.35. The largest absolute Gasteiger partial charge is 0.469 e. The summed E-state index contributed by atoms with van der Waals surface area (Å²) < 4.78 is 29.8. The van der Waals surface area contributed by atoms with Crippen molar-refractivity contribution in [2.75, 3.05) is 18.6 Å². The van der Waals surface area contributed by atoms with E-state index in [2.05, 4.69) is 9.72 Å². The van der Waals surface area contributed by atoms with Gasteiger partial charge in [0, 0.05) is 5.56 Å². The number of nitrogen functional groups attached to an aromatic ring is 2.